The number of nitrogens with one attached hydrogen (secondary N) is 1. The molecule has 0 bridgehead atoms. The second-order valence-electron chi connectivity index (χ2n) is 7.28. The number of aryl methyl sites for hydroxylation is 1. The van der Waals surface area contributed by atoms with Crippen molar-refractivity contribution in [2.24, 2.45) is 0 Å². The van der Waals surface area contributed by atoms with Gasteiger partial charge in [-0.15, -0.1) is 11.3 Å². The summed E-state index contributed by atoms with van der Waals surface area (Å²) in [5.74, 6) is -0.0553. The molecule has 0 fully saturated rings. The molecule has 0 aliphatic rings. The number of carboxylic acid groups (broad SMARTS) is 1. The molecule has 4 rings (SSSR count). The molecular weight excluding hydrogens is 481 g/mol. The molecule has 2 N–H and O–H groups in total. The van der Waals surface area contributed by atoms with Crippen molar-refractivity contribution >= 4 is 56.4 Å². The van der Waals surface area contributed by atoms with Crippen LogP contribution < -0.4 is 10.1 Å². The third kappa shape index (κ3) is 4.90. The third-order valence-electron chi connectivity index (χ3n) is 5.20. The number of nitrogens with zero attached hydrogens (tertiary/aromatic N) is 2. The van der Waals surface area contributed by atoms with Crippen LogP contribution in [0.15, 0.2) is 42.7 Å². The fourth-order valence-electron chi connectivity index (χ4n) is 3.67. The van der Waals surface area contributed by atoms with Crippen LogP contribution in [0.5, 0.6) is 5.75 Å². The first kappa shape index (κ1) is 23.3. The summed E-state index contributed by atoms with van der Waals surface area (Å²) in [5.41, 5.74) is 2.70. The van der Waals surface area contributed by atoms with Crippen molar-refractivity contribution in [2.75, 3.05) is 18.5 Å². The van der Waals surface area contributed by atoms with Crippen LogP contribution in [0.4, 0.5) is 5.82 Å². The molecular formula is C24H21Cl2N3O3S. The van der Waals surface area contributed by atoms with Crippen LogP contribution in [-0.2, 0) is 6.42 Å². The summed E-state index contributed by atoms with van der Waals surface area (Å²) in [7, 11) is 0. The molecule has 0 aliphatic heterocycles. The number of aromatic carboxylic acids is 1. The lowest BCUT2D eigenvalue weighted by Gasteiger charge is -2.11. The Morgan fingerprint density at radius 3 is 2.70 bits per heavy atom. The summed E-state index contributed by atoms with van der Waals surface area (Å²) in [6.07, 6.45) is 2.23. The van der Waals surface area contributed by atoms with Crippen LogP contribution in [0.25, 0.3) is 21.3 Å². The van der Waals surface area contributed by atoms with E-state index in [0.717, 1.165) is 22.1 Å². The van der Waals surface area contributed by atoms with Gasteiger partial charge in [0.25, 0.3) is 0 Å². The van der Waals surface area contributed by atoms with E-state index in [9.17, 15) is 9.90 Å². The Morgan fingerprint density at radius 1 is 1.15 bits per heavy atom. The number of halogens is 2. The maximum Gasteiger partial charge on any atom is 0.339 e. The van der Waals surface area contributed by atoms with E-state index in [4.69, 9.17) is 27.9 Å². The Kier molecular flexibility index (Phi) is 7.02. The second kappa shape index (κ2) is 9.95. The van der Waals surface area contributed by atoms with Crippen LogP contribution in [0.3, 0.4) is 0 Å². The summed E-state index contributed by atoms with van der Waals surface area (Å²) in [5, 5.41) is 15.1. The van der Waals surface area contributed by atoms with Crippen molar-refractivity contribution in [1.29, 1.82) is 0 Å². The van der Waals surface area contributed by atoms with Crippen molar-refractivity contribution in [3.63, 3.8) is 0 Å². The lowest BCUT2D eigenvalue weighted by Crippen LogP contribution is -2.07. The van der Waals surface area contributed by atoms with E-state index < -0.39 is 5.97 Å². The zero-order chi connectivity index (χ0) is 23.5. The van der Waals surface area contributed by atoms with Crippen molar-refractivity contribution in [1.82, 2.24) is 9.97 Å². The molecule has 0 saturated heterocycles. The number of hydrogen-bond donors (Lipinski definition) is 2. The zero-order valence-corrected chi connectivity index (χ0v) is 20.3. The fraction of sp³-hybridized carbons (Fsp3) is 0.208. The molecule has 0 atom stereocenters. The van der Waals surface area contributed by atoms with Crippen molar-refractivity contribution < 1.29 is 14.6 Å². The highest BCUT2D eigenvalue weighted by molar-refractivity contribution is 7.20. The van der Waals surface area contributed by atoms with Gasteiger partial charge >= 0.3 is 5.97 Å². The zero-order valence-electron chi connectivity index (χ0n) is 18.0. The molecule has 0 amide bonds. The number of carboxylic acids is 1. The number of aromatic nitrogens is 2. The summed E-state index contributed by atoms with van der Waals surface area (Å²) in [6.45, 7) is 4.90. The molecule has 2 aromatic carbocycles. The van der Waals surface area contributed by atoms with Crippen LogP contribution >= 0.6 is 34.5 Å². The molecule has 4 aromatic rings. The number of ether oxygens (including phenoxy) is 1. The predicted molar refractivity (Wildman–Crippen MR) is 134 cm³/mol. The van der Waals surface area contributed by atoms with Crippen LogP contribution in [0, 0.1) is 6.92 Å². The third-order valence-corrected chi connectivity index (χ3v) is 7.12. The summed E-state index contributed by atoms with van der Waals surface area (Å²) in [6, 6.07) is 10.4. The second-order valence-corrected chi connectivity index (χ2v) is 9.32. The van der Waals surface area contributed by atoms with E-state index in [1.54, 1.807) is 23.5 Å². The molecule has 2 heterocycles. The summed E-state index contributed by atoms with van der Waals surface area (Å²) in [4.78, 5) is 21.3. The number of fused-ring (bicyclic) bond motifs is 1. The van der Waals surface area contributed by atoms with Gasteiger partial charge in [-0.2, -0.15) is 0 Å². The summed E-state index contributed by atoms with van der Waals surface area (Å²) >= 11 is 14.5. The Balaban J connectivity index is 1.53. The van der Waals surface area contributed by atoms with E-state index in [1.807, 2.05) is 25.1 Å². The predicted octanol–water partition coefficient (Wildman–Crippen LogP) is 6.73. The van der Waals surface area contributed by atoms with Gasteiger partial charge < -0.3 is 15.2 Å². The average molecular weight is 502 g/mol. The van der Waals surface area contributed by atoms with Gasteiger partial charge in [-0.25, -0.2) is 14.8 Å². The molecule has 0 spiro atoms. The average Bonchev–Trinajstić information content (AvgIpc) is 3.14. The molecule has 0 radical (unpaired) electrons. The number of rotatable bonds is 8. The number of anilines is 1. The molecule has 170 valence electrons. The Labute approximate surface area is 205 Å². The molecule has 6 nitrogen and oxygen atoms in total. The van der Waals surface area contributed by atoms with Gasteiger partial charge in [-0.1, -0.05) is 29.3 Å². The highest BCUT2D eigenvalue weighted by atomic mass is 35.5. The Bertz CT molecular complexity index is 1340. The minimum absolute atomic E-state index is 0.116. The van der Waals surface area contributed by atoms with Gasteiger partial charge in [0.05, 0.1) is 22.0 Å². The number of benzene rings is 2. The van der Waals surface area contributed by atoms with Gasteiger partial charge in [0.1, 0.15) is 23.5 Å². The van der Waals surface area contributed by atoms with Crippen molar-refractivity contribution in [2.45, 2.75) is 20.3 Å². The minimum atomic E-state index is -1.03. The molecule has 33 heavy (non-hydrogen) atoms. The first-order valence-electron chi connectivity index (χ1n) is 10.3. The quantitative estimate of drug-likeness (QED) is 0.278. The topological polar surface area (TPSA) is 84.3 Å². The monoisotopic (exact) mass is 501 g/mol. The normalized spacial score (nSPS) is 11.0. The number of thiophene rings is 1. The van der Waals surface area contributed by atoms with Crippen molar-refractivity contribution in [3.05, 3.63) is 68.8 Å². The van der Waals surface area contributed by atoms with E-state index in [0.29, 0.717) is 40.5 Å². The first-order valence-corrected chi connectivity index (χ1v) is 11.9. The van der Waals surface area contributed by atoms with E-state index >= 15 is 0 Å². The maximum atomic E-state index is 11.4. The van der Waals surface area contributed by atoms with Gasteiger partial charge in [0.2, 0.25) is 0 Å². The lowest BCUT2D eigenvalue weighted by atomic mass is 10.1. The van der Waals surface area contributed by atoms with Gasteiger partial charge in [-0.05, 0) is 50.1 Å². The smallest absolute Gasteiger partial charge is 0.339 e. The number of carbonyl (C=O) groups is 1. The molecule has 0 saturated carbocycles. The first-order chi connectivity index (χ1) is 15.9. The fourth-order valence-corrected chi connectivity index (χ4v) is 5.40. The Hall–Kier alpha value is -2.87. The minimum Gasteiger partial charge on any atom is -0.493 e. The number of hydrogen-bond acceptors (Lipinski definition) is 6. The van der Waals surface area contributed by atoms with Gasteiger partial charge in [0, 0.05) is 33.5 Å². The molecule has 0 unspecified atom stereocenters. The van der Waals surface area contributed by atoms with Crippen molar-refractivity contribution in [3.8, 4) is 17.0 Å². The standard InChI is InChI=1S/C24H21Cl2N3O3S/c1-3-32-20-10-14(4-5-16(20)24(30)31)19-11-21(29-12-28-19)27-9-8-15-13(2)33-23-18(26)7-6-17(25)22(15)23/h4-7,10-12H,3,8-9H2,1-2H3,(H,30,31)(H,27,28,29). The molecule has 2 aromatic heterocycles. The van der Waals surface area contributed by atoms with Gasteiger partial charge in [-0.3, -0.25) is 0 Å². The van der Waals surface area contributed by atoms with Gasteiger partial charge in [0.15, 0.2) is 0 Å². The lowest BCUT2D eigenvalue weighted by molar-refractivity contribution is 0.0692. The highest BCUT2D eigenvalue weighted by Gasteiger charge is 2.15. The SMILES string of the molecule is CCOc1cc(-c2cc(NCCc3c(C)sc4c(Cl)ccc(Cl)c34)ncn2)ccc1C(=O)O. The van der Waals surface area contributed by atoms with Crippen LogP contribution in [0.1, 0.15) is 27.7 Å². The van der Waals surface area contributed by atoms with E-state index in [-0.39, 0.29) is 5.56 Å². The molecule has 9 heteroatoms. The largest absolute Gasteiger partial charge is 0.493 e. The summed E-state index contributed by atoms with van der Waals surface area (Å²) < 4.78 is 6.51. The highest BCUT2D eigenvalue weighted by Crippen LogP contribution is 2.40. The van der Waals surface area contributed by atoms with Crippen LogP contribution in [0.2, 0.25) is 10.0 Å². The molecule has 0 aliphatic carbocycles. The van der Waals surface area contributed by atoms with E-state index in [2.05, 4.69) is 22.2 Å². The van der Waals surface area contributed by atoms with Crippen LogP contribution in [-0.4, -0.2) is 34.2 Å². The Morgan fingerprint density at radius 2 is 1.94 bits per heavy atom. The van der Waals surface area contributed by atoms with E-state index in [1.165, 1.54) is 22.8 Å². The maximum absolute atomic E-state index is 11.4.